The second kappa shape index (κ2) is 8.61. The predicted molar refractivity (Wildman–Crippen MR) is 109 cm³/mol. The van der Waals surface area contributed by atoms with Gasteiger partial charge in [-0.3, -0.25) is 14.9 Å². The van der Waals surface area contributed by atoms with Gasteiger partial charge in [0, 0.05) is 34.5 Å². The molecule has 1 aromatic heterocycles. The molecule has 2 aromatic carbocycles. The van der Waals surface area contributed by atoms with Crippen LogP contribution in [0.4, 0.5) is 11.4 Å². The van der Waals surface area contributed by atoms with E-state index in [-0.39, 0.29) is 22.0 Å². The Bertz CT molecular complexity index is 1180. The number of hydrogen-bond acceptors (Lipinski definition) is 5. The van der Waals surface area contributed by atoms with Gasteiger partial charge in [0.1, 0.15) is 23.2 Å². The van der Waals surface area contributed by atoms with Crippen molar-refractivity contribution in [3.8, 4) is 17.4 Å². The first-order chi connectivity index (χ1) is 13.9. The summed E-state index contributed by atoms with van der Waals surface area (Å²) in [6.07, 6.45) is 1.28. The van der Waals surface area contributed by atoms with Crippen molar-refractivity contribution in [1.82, 2.24) is 0 Å². The van der Waals surface area contributed by atoms with Crippen LogP contribution in [0.1, 0.15) is 5.76 Å². The van der Waals surface area contributed by atoms with Crippen LogP contribution in [0.3, 0.4) is 0 Å². The molecule has 144 valence electrons. The van der Waals surface area contributed by atoms with Crippen LogP contribution in [-0.4, -0.2) is 10.8 Å². The van der Waals surface area contributed by atoms with E-state index in [4.69, 9.17) is 27.6 Å². The number of nitro groups is 1. The molecule has 3 rings (SSSR count). The number of carbonyl (C=O) groups excluding carboxylic acids is 1. The number of carbonyl (C=O) groups is 1. The number of furan rings is 1. The number of nitro benzene ring substituents is 1. The Hall–Kier alpha value is -3.60. The van der Waals surface area contributed by atoms with Crippen molar-refractivity contribution in [3.05, 3.63) is 86.1 Å². The van der Waals surface area contributed by atoms with Crippen molar-refractivity contribution in [2.75, 3.05) is 5.32 Å². The monoisotopic (exact) mass is 427 g/mol. The molecule has 0 radical (unpaired) electrons. The molecular formula is C20H11Cl2N3O4. The third-order valence-corrected chi connectivity index (χ3v) is 4.34. The summed E-state index contributed by atoms with van der Waals surface area (Å²) in [5, 5.41) is 23.3. The zero-order valence-corrected chi connectivity index (χ0v) is 16.1. The Morgan fingerprint density at radius 1 is 1.17 bits per heavy atom. The van der Waals surface area contributed by atoms with Crippen LogP contribution in [0.25, 0.3) is 17.4 Å². The largest absolute Gasteiger partial charge is 0.457 e. The molecule has 0 aliphatic carbocycles. The minimum atomic E-state index is -0.624. The highest BCUT2D eigenvalue weighted by molar-refractivity contribution is 6.33. The van der Waals surface area contributed by atoms with Crippen LogP contribution < -0.4 is 5.32 Å². The fourth-order valence-electron chi connectivity index (χ4n) is 2.45. The normalized spacial score (nSPS) is 11.0. The van der Waals surface area contributed by atoms with Crippen LogP contribution in [0.5, 0.6) is 0 Å². The first kappa shape index (κ1) is 20.1. The van der Waals surface area contributed by atoms with Gasteiger partial charge in [-0.2, -0.15) is 5.26 Å². The summed E-state index contributed by atoms with van der Waals surface area (Å²) < 4.78 is 5.62. The van der Waals surface area contributed by atoms with Crippen molar-refractivity contribution in [3.63, 3.8) is 0 Å². The lowest BCUT2D eigenvalue weighted by Gasteiger charge is -2.04. The van der Waals surface area contributed by atoms with Gasteiger partial charge in [0.05, 0.1) is 9.95 Å². The van der Waals surface area contributed by atoms with Crippen molar-refractivity contribution in [1.29, 1.82) is 5.26 Å². The maximum atomic E-state index is 12.3. The lowest BCUT2D eigenvalue weighted by Crippen LogP contribution is -2.13. The molecule has 7 nitrogen and oxygen atoms in total. The number of anilines is 1. The molecule has 0 unspecified atom stereocenters. The summed E-state index contributed by atoms with van der Waals surface area (Å²) >= 11 is 12.0. The van der Waals surface area contributed by atoms with E-state index in [0.29, 0.717) is 22.0 Å². The van der Waals surface area contributed by atoms with Crippen LogP contribution in [0, 0.1) is 21.4 Å². The lowest BCUT2D eigenvalue weighted by atomic mass is 10.1. The molecule has 1 heterocycles. The highest BCUT2D eigenvalue weighted by atomic mass is 35.5. The second-order valence-corrected chi connectivity index (χ2v) is 6.60. The number of nitrogens with one attached hydrogen (secondary N) is 1. The molecule has 0 saturated carbocycles. The number of amides is 1. The van der Waals surface area contributed by atoms with Crippen LogP contribution in [0.15, 0.2) is 64.6 Å². The summed E-state index contributed by atoms with van der Waals surface area (Å²) in [5.74, 6) is -0.0445. The van der Waals surface area contributed by atoms with Crippen molar-refractivity contribution >= 4 is 46.6 Å². The Kier molecular flexibility index (Phi) is 5.98. The zero-order chi connectivity index (χ0) is 21.0. The summed E-state index contributed by atoms with van der Waals surface area (Å²) in [4.78, 5) is 22.6. The van der Waals surface area contributed by atoms with Gasteiger partial charge in [-0.1, -0.05) is 29.3 Å². The van der Waals surface area contributed by atoms with Crippen molar-refractivity contribution < 1.29 is 14.1 Å². The molecule has 1 amide bonds. The van der Waals surface area contributed by atoms with E-state index in [1.807, 2.05) is 6.07 Å². The van der Waals surface area contributed by atoms with E-state index in [0.717, 1.165) is 0 Å². The smallest absolute Gasteiger partial charge is 0.270 e. The summed E-state index contributed by atoms with van der Waals surface area (Å²) in [6.45, 7) is 0. The first-order valence-corrected chi connectivity index (χ1v) is 8.86. The molecule has 0 aliphatic heterocycles. The highest BCUT2D eigenvalue weighted by Gasteiger charge is 2.15. The van der Waals surface area contributed by atoms with E-state index in [9.17, 15) is 20.2 Å². The maximum absolute atomic E-state index is 12.3. The number of hydrogen-bond donors (Lipinski definition) is 1. The van der Waals surface area contributed by atoms with Gasteiger partial charge in [-0.15, -0.1) is 0 Å². The van der Waals surface area contributed by atoms with E-state index in [2.05, 4.69) is 5.32 Å². The third-order valence-electron chi connectivity index (χ3n) is 3.79. The lowest BCUT2D eigenvalue weighted by molar-refractivity contribution is -0.384. The summed E-state index contributed by atoms with van der Waals surface area (Å²) in [5.41, 5.74) is 0.566. The van der Waals surface area contributed by atoms with Gasteiger partial charge < -0.3 is 9.73 Å². The molecule has 0 aliphatic rings. The molecule has 0 spiro atoms. The second-order valence-electron chi connectivity index (χ2n) is 5.76. The molecule has 3 aromatic rings. The van der Waals surface area contributed by atoms with E-state index < -0.39 is 10.8 Å². The molecular weight excluding hydrogens is 417 g/mol. The van der Waals surface area contributed by atoms with E-state index >= 15 is 0 Å². The topological polar surface area (TPSA) is 109 Å². The number of nitriles is 1. The fraction of sp³-hybridized carbons (Fsp3) is 0. The predicted octanol–water partition coefficient (Wildman–Crippen LogP) is 5.71. The van der Waals surface area contributed by atoms with Crippen LogP contribution in [0.2, 0.25) is 10.0 Å². The van der Waals surface area contributed by atoms with Gasteiger partial charge in [-0.05, 0) is 36.4 Å². The molecule has 0 bridgehead atoms. The molecule has 1 N–H and O–H groups in total. The molecule has 9 heteroatoms. The number of halogens is 2. The Morgan fingerprint density at radius 2 is 1.97 bits per heavy atom. The summed E-state index contributed by atoms with van der Waals surface area (Å²) in [7, 11) is 0. The molecule has 29 heavy (non-hydrogen) atoms. The fourth-order valence-corrected chi connectivity index (χ4v) is 2.91. The standard InChI is InChI=1S/C20H11Cl2N3O4/c21-13-2-1-3-14(9-13)24-20(26)12(11-23)8-16-5-7-19(29-16)17-6-4-15(25(27)28)10-18(17)22/h1-10H,(H,24,26). The molecule has 0 fully saturated rings. The first-order valence-electron chi connectivity index (χ1n) is 8.10. The average Bonchev–Trinajstić information content (AvgIpc) is 3.14. The van der Waals surface area contributed by atoms with Gasteiger partial charge in [0.25, 0.3) is 11.6 Å². The zero-order valence-electron chi connectivity index (χ0n) is 14.6. The Balaban J connectivity index is 1.83. The van der Waals surface area contributed by atoms with E-state index in [1.54, 1.807) is 36.4 Å². The highest BCUT2D eigenvalue weighted by Crippen LogP contribution is 2.32. The average molecular weight is 428 g/mol. The van der Waals surface area contributed by atoms with Crippen molar-refractivity contribution in [2.45, 2.75) is 0 Å². The van der Waals surface area contributed by atoms with Crippen LogP contribution >= 0.6 is 23.2 Å². The number of rotatable bonds is 5. The Labute approximate surface area is 174 Å². The van der Waals surface area contributed by atoms with Crippen LogP contribution in [-0.2, 0) is 4.79 Å². The maximum Gasteiger partial charge on any atom is 0.270 e. The minimum Gasteiger partial charge on any atom is -0.457 e. The number of nitrogens with zero attached hydrogens (tertiary/aromatic N) is 2. The quantitative estimate of drug-likeness (QED) is 0.242. The third kappa shape index (κ3) is 4.82. The van der Waals surface area contributed by atoms with E-state index in [1.165, 1.54) is 24.3 Å². The van der Waals surface area contributed by atoms with Gasteiger partial charge in [-0.25, -0.2) is 0 Å². The van der Waals surface area contributed by atoms with Gasteiger partial charge in [0.15, 0.2) is 0 Å². The van der Waals surface area contributed by atoms with Gasteiger partial charge in [0.2, 0.25) is 0 Å². The number of non-ortho nitro benzene ring substituents is 1. The summed E-state index contributed by atoms with van der Waals surface area (Å²) in [6, 6.07) is 15.5. The van der Waals surface area contributed by atoms with Crippen molar-refractivity contribution in [2.24, 2.45) is 0 Å². The molecule has 0 saturated heterocycles. The minimum absolute atomic E-state index is 0.142. The number of benzene rings is 2. The SMILES string of the molecule is N#CC(=Cc1ccc(-c2ccc([N+](=O)[O-])cc2Cl)o1)C(=O)Nc1cccc(Cl)c1. The molecule has 0 atom stereocenters. The van der Waals surface area contributed by atoms with Gasteiger partial charge >= 0.3 is 0 Å². The Morgan fingerprint density at radius 3 is 2.62 bits per heavy atom.